The highest BCUT2D eigenvalue weighted by molar-refractivity contribution is 8.02. The minimum Gasteiger partial charge on any atom is -0.387 e. The number of rotatable bonds is 10. The van der Waals surface area contributed by atoms with Crippen LogP contribution in [0.4, 0.5) is 0 Å². The molecule has 1 rings (SSSR count). The van der Waals surface area contributed by atoms with Gasteiger partial charge >= 0.3 is 0 Å². The fraction of sp³-hybridized carbons (Fsp3) is 0.579. The number of aliphatic imine (C=N–C) groups is 1. The van der Waals surface area contributed by atoms with Gasteiger partial charge in [0.1, 0.15) is 5.78 Å². The maximum Gasteiger partial charge on any atom is 0.137 e. The summed E-state index contributed by atoms with van der Waals surface area (Å²) in [6, 6.07) is 0.512. The van der Waals surface area contributed by atoms with Crippen molar-refractivity contribution >= 4 is 24.3 Å². The molecule has 24 heavy (non-hydrogen) atoms. The smallest absolute Gasteiger partial charge is 0.137 e. The Morgan fingerprint density at radius 1 is 1.46 bits per heavy atom. The molecule has 1 aliphatic rings. The monoisotopic (exact) mass is 349 g/mol. The van der Waals surface area contributed by atoms with Crippen LogP contribution in [0.5, 0.6) is 0 Å². The Morgan fingerprint density at radius 3 is 2.62 bits per heavy atom. The third-order valence-corrected chi connectivity index (χ3v) is 5.46. The third kappa shape index (κ3) is 5.86. The molecule has 1 unspecified atom stereocenters. The van der Waals surface area contributed by atoms with Gasteiger partial charge in [-0.1, -0.05) is 27.0 Å². The van der Waals surface area contributed by atoms with E-state index in [1.807, 2.05) is 19.3 Å². The molecule has 1 saturated heterocycles. The van der Waals surface area contributed by atoms with Crippen LogP contribution in [0.2, 0.25) is 0 Å². The molecule has 0 radical (unpaired) electrons. The number of nitrogens with one attached hydrogen (secondary N) is 1. The zero-order chi connectivity index (χ0) is 18.3. The largest absolute Gasteiger partial charge is 0.387 e. The van der Waals surface area contributed by atoms with Crippen LogP contribution in [0.3, 0.4) is 0 Å². The van der Waals surface area contributed by atoms with Crippen molar-refractivity contribution in [2.45, 2.75) is 46.6 Å². The van der Waals surface area contributed by atoms with Crippen molar-refractivity contribution in [1.29, 1.82) is 0 Å². The second kappa shape index (κ2) is 9.11. The summed E-state index contributed by atoms with van der Waals surface area (Å²) in [6.07, 6.45) is 2.40. The third-order valence-electron chi connectivity index (χ3n) is 4.55. The highest BCUT2D eigenvalue weighted by Crippen LogP contribution is 2.27. The van der Waals surface area contributed by atoms with Gasteiger partial charge in [-0.3, -0.25) is 9.79 Å². The van der Waals surface area contributed by atoms with Crippen LogP contribution in [0.15, 0.2) is 40.6 Å². The van der Waals surface area contributed by atoms with E-state index in [-0.39, 0.29) is 11.2 Å². The van der Waals surface area contributed by atoms with Gasteiger partial charge in [-0.25, -0.2) is 0 Å². The number of hydrogen-bond acceptors (Lipinski definition) is 5. The Bertz CT molecular complexity index is 537. The van der Waals surface area contributed by atoms with Gasteiger partial charge in [0.05, 0.1) is 11.4 Å². The topological polar surface area (TPSA) is 44.7 Å². The second-order valence-electron chi connectivity index (χ2n) is 7.00. The van der Waals surface area contributed by atoms with Gasteiger partial charge in [-0.15, -0.1) is 11.8 Å². The number of Topliss-reactive ketones (excluding diaryl/α,β-unsaturated/α-hetero) is 1. The molecule has 4 nitrogen and oxygen atoms in total. The molecule has 0 spiro atoms. The summed E-state index contributed by atoms with van der Waals surface area (Å²) in [5, 5.41) is 5.23. The first-order valence-electron chi connectivity index (χ1n) is 8.36. The van der Waals surface area contributed by atoms with Crippen molar-refractivity contribution in [3.8, 4) is 0 Å². The molecule has 5 heteroatoms. The number of nitrogens with zero attached hydrogens (tertiary/aromatic N) is 2. The van der Waals surface area contributed by atoms with E-state index >= 15 is 0 Å². The normalized spacial score (nSPS) is 18.4. The van der Waals surface area contributed by atoms with E-state index in [1.165, 1.54) is 12.8 Å². The summed E-state index contributed by atoms with van der Waals surface area (Å²) in [6.45, 7) is 21.2. The Balaban J connectivity index is 2.48. The van der Waals surface area contributed by atoms with E-state index < -0.39 is 0 Å². The molecule has 0 amide bonds. The van der Waals surface area contributed by atoms with Crippen molar-refractivity contribution in [3.05, 3.63) is 35.7 Å². The van der Waals surface area contributed by atoms with E-state index in [4.69, 9.17) is 0 Å². The average Bonchev–Trinajstić information content (AvgIpc) is 2.95. The standard InChI is InChI=1S/C19H31N3OS/c1-14(21-13-19(5,6)17(4)23)11-24-12-18(20-7)16(3)22-10-8-9-15(22)2/h12,15,21H,1,3,7-11,13H2,2,4-6H3/b18-12-. The predicted octanol–water partition coefficient (Wildman–Crippen LogP) is 3.98. The molecular formula is C19H31N3OS. The number of hydrogen-bond donors (Lipinski definition) is 1. The first-order valence-corrected chi connectivity index (χ1v) is 9.41. The van der Waals surface area contributed by atoms with Gasteiger partial charge in [0.2, 0.25) is 0 Å². The van der Waals surface area contributed by atoms with E-state index in [1.54, 1.807) is 18.7 Å². The van der Waals surface area contributed by atoms with Gasteiger partial charge in [-0.2, -0.15) is 0 Å². The Labute approximate surface area is 151 Å². The zero-order valence-corrected chi connectivity index (χ0v) is 16.3. The van der Waals surface area contributed by atoms with Crippen LogP contribution >= 0.6 is 11.8 Å². The SMILES string of the molecule is C=N/C(=C\SCC(=C)NCC(C)(C)C(C)=O)C(=C)N1CCCC1C. The number of likely N-dealkylation sites (tertiary alicyclic amines) is 1. The number of carbonyl (C=O) groups excluding carboxylic acids is 1. The molecule has 0 aliphatic carbocycles. The number of carbonyl (C=O) groups is 1. The van der Waals surface area contributed by atoms with Crippen LogP contribution in [0.1, 0.15) is 40.5 Å². The molecule has 0 saturated carbocycles. The molecule has 1 atom stereocenters. The predicted molar refractivity (Wildman–Crippen MR) is 106 cm³/mol. The number of ketones is 1. The molecule has 1 fully saturated rings. The highest BCUT2D eigenvalue weighted by atomic mass is 32.2. The van der Waals surface area contributed by atoms with Gasteiger partial charge in [0, 0.05) is 36.0 Å². The van der Waals surface area contributed by atoms with Crippen molar-refractivity contribution in [3.63, 3.8) is 0 Å². The lowest BCUT2D eigenvalue weighted by Crippen LogP contribution is -2.34. The summed E-state index contributed by atoms with van der Waals surface area (Å²) in [5.41, 5.74) is 2.29. The van der Waals surface area contributed by atoms with Crippen LogP contribution in [0, 0.1) is 5.41 Å². The molecule has 0 bridgehead atoms. The molecule has 0 aromatic carbocycles. The van der Waals surface area contributed by atoms with Gasteiger partial charge in [0.15, 0.2) is 0 Å². The molecule has 1 heterocycles. The maximum absolute atomic E-state index is 11.5. The molecule has 0 aromatic rings. The maximum atomic E-state index is 11.5. The van der Waals surface area contributed by atoms with Crippen LogP contribution in [0.25, 0.3) is 0 Å². The lowest BCUT2D eigenvalue weighted by atomic mass is 9.89. The minimum absolute atomic E-state index is 0.171. The van der Waals surface area contributed by atoms with Crippen molar-refractivity contribution in [2.75, 3.05) is 18.8 Å². The van der Waals surface area contributed by atoms with Gasteiger partial charge in [-0.05, 0) is 38.8 Å². The van der Waals surface area contributed by atoms with Crippen LogP contribution in [-0.2, 0) is 4.79 Å². The van der Waals surface area contributed by atoms with E-state index in [0.717, 1.165) is 29.4 Å². The molecular weight excluding hydrogens is 318 g/mol. The average molecular weight is 350 g/mol. The number of thioether (sulfide) groups is 1. The van der Waals surface area contributed by atoms with Crippen LogP contribution in [-0.4, -0.2) is 42.3 Å². The molecule has 1 aliphatic heterocycles. The second-order valence-corrected chi connectivity index (χ2v) is 7.86. The van der Waals surface area contributed by atoms with Gasteiger partial charge < -0.3 is 10.2 Å². The Morgan fingerprint density at radius 2 is 2.12 bits per heavy atom. The lowest BCUT2D eigenvalue weighted by Gasteiger charge is -2.26. The quantitative estimate of drug-likeness (QED) is 0.479. The first-order chi connectivity index (χ1) is 11.2. The van der Waals surface area contributed by atoms with Gasteiger partial charge in [0.25, 0.3) is 0 Å². The summed E-state index contributed by atoms with van der Waals surface area (Å²) < 4.78 is 0. The van der Waals surface area contributed by atoms with E-state index in [2.05, 4.69) is 42.0 Å². The summed E-state index contributed by atoms with van der Waals surface area (Å²) in [5.74, 6) is 0.889. The van der Waals surface area contributed by atoms with Crippen molar-refractivity contribution < 1.29 is 4.79 Å². The van der Waals surface area contributed by atoms with E-state index in [9.17, 15) is 4.79 Å². The summed E-state index contributed by atoms with van der Waals surface area (Å²) in [7, 11) is 0. The Hall–Kier alpha value is -1.49. The Kier molecular flexibility index (Phi) is 7.80. The zero-order valence-electron chi connectivity index (χ0n) is 15.5. The summed E-state index contributed by atoms with van der Waals surface area (Å²) in [4.78, 5) is 18.0. The summed E-state index contributed by atoms with van der Waals surface area (Å²) >= 11 is 1.61. The minimum atomic E-state index is -0.378. The highest BCUT2D eigenvalue weighted by Gasteiger charge is 2.24. The molecule has 1 N–H and O–H groups in total. The molecule has 0 aromatic heterocycles. The van der Waals surface area contributed by atoms with Crippen molar-refractivity contribution in [1.82, 2.24) is 10.2 Å². The molecule has 134 valence electrons. The van der Waals surface area contributed by atoms with Crippen molar-refractivity contribution in [2.24, 2.45) is 10.4 Å². The lowest BCUT2D eigenvalue weighted by molar-refractivity contribution is -0.124. The van der Waals surface area contributed by atoms with Crippen LogP contribution < -0.4 is 5.32 Å². The fourth-order valence-corrected chi connectivity index (χ4v) is 3.18. The fourth-order valence-electron chi connectivity index (χ4n) is 2.42. The first kappa shape index (κ1) is 20.6. The van der Waals surface area contributed by atoms with E-state index in [0.29, 0.717) is 12.6 Å².